The SMILES string of the molecule is CCCC(C)N=C(C)c1ccc(C(=O)N2CCC(Oc3ccc(C(C)=O)cc3)CC2)nn1. The van der Waals surface area contributed by atoms with Gasteiger partial charge in [0.25, 0.3) is 5.91 Å². The van der Waals surface area contributed by atoms with E-state index in [-0.39, 0.29) is 23.8 Å². The molecule has 0 radical (unpaired) electrons. The lowest BCUT2D eigenvalue weighted by Crippen LogP contribution is -2.42. The van der Waals surface area contributed by atoms with E-state index in [1.165, 1.54) is 0 Å². The second-order valence-electron chi connectivity index (χ2n) is 8.35. The highest BCUT2D eigenvalue weighted by Gasteiger charge is 2.25. The monoisotopic (exact) mass is 436 g/mol. The standard InChI is InChI=1S/C25H32N4O3/c1-5-6-17(2)26-18(3)23-11-12-24(28-27-23)25(31)29-15-13-22(14-16-29)32-21-9-7-20(8-10-21)19(4)30/h7-12,17,22H,5-6,13-16H2,1-4H3. The van der Waals surface area contributed by atoms with Crippen LogP contribution in [-0.2, 0) is 0 Å². The molecule has 7 heteroatoms. The summed E-state index contributed by atoms with van der Waals surface area (Å²) in [6, 6.07) is 11.0. The van der Waals surface area contributed by atoms with Crippen LogP contribution >= 0.6 is 0 Å². The molecule has 1 amide bonds. The Balaban J connectivity index is 1.53. The molecule has 170 valence electrons. The number of hydrogen-bond donors (Lipinski definition) is 0. The fraction of sp³-hybridized carbons (Fsp3) is 0.480. The molecule has 32 heavy (non-hydrogen) atoms. The molecule has 0 spiro atoms. The molecule has 0 saturated carbocycles. The number of amides is 1. The summed E-state index contributed by atoms with van der Waals surface area (Å²) in [7, 11) is 0. The maximum Gasteiger partial charge on any atom is 0.274 e. The Labute approximate surface area is 189 Å². The largest absolute Gasteiger partial charge is 0.490 e. The maximum atomic E-state index is 12.8. The van der Waals surface area contributed by atoms with Gasteiger partial charge >= 0.3 is 0 Å². The Hall–Kier alpha value is -3.09. The summed E-state index contributed by atoms with van der Waals surface area (Å²) < 4.78 is 6.02. The molecule has 3 rings (SSSR count). The summed E-state index contributed by atoms with van der Waals surface area (Å²) in [5.74, 6) is 0.668. The molecular weight excluding hydrogens is 404 g/mol. The average molecular weight is 437 g/mol. The quantitative estimate of drug-likeness (QED) is 0.453. The number of ketones is 1. The van der Waals surface area contributed by atoms with Gasteiger partial charge in [0.15, 0.2) is 11.5 Å². The smallest absolute Gasteiger partial charge is 0.274 e. The van der Waals surface area contributed by atoms with Crippen molar-refractivity contribution in [3.8, 4) is 5.75 Å². The molecule has 0 aliphatic carbocycles. The van der Waals surface area contributed by atoms with Crippen LogP contribution in [0.1, 0.15) is 79.9 Å². The lowest BCUT2D eigenvalue weighted by Gasteiger charge is -2.32. The van der Waals surface area contributed by atoms with Gasteiger partial charge in [-0.05, 0) is 63.6 Å². The zero-order valence-electron chi connectivity index (χ0n) is 19.4. The molecule has 1 unspecified atom stereocenters. The van der Waals surface area contributed by atoms with Crippen molar-refractivity contribution in [1.29, 1.82) is 0 Å². The number of benzene rings is 1. The first-order valence-corrected chi connectivity index (χ1v) is 11.3. The first kappa shape index (κ1) is 23.6. The average Bonchev–Trinajstić information content (AvgIpc) is 2.79. The Morgan fingerprint density at radius 2 is 1.69 bits per heavy atom. The van der Waals surface area contributed by atoms with Crippen LogP contribution in [0.4, 0.5) is 0 Å². The number of Topliss-reactive ketones (excluding diaryl/α,β-unsaturated/α-hetero) is 1. The van der Waals surface area contributed by atoms with Crippen molar-refractivity contribution in [3.05, 3.63) is 53.3 Å². The first-order valence-electron chi connectivity index (χ1n) is 11.3. The van der Waals surface area contributed by atoms with Gasteiger partial charge in [-0.25, -0.2) is 0 Å². The van der Waals surface area contributed by atoms with Crippen LogP contribution in [0.2, 0.25) is 0 Å². The zero-order chi connectivity index (χ0) is 23.1. The molecule has 0 bridgehead atoms. The second kappa shape index (κ2) is 11.0. The summed E-state index contributed by atoms with van der Waals surface area (Å²) in [5.41, 5.74) is 2.56. The maximum absolute atomic E-state index is 12.8. The van der Waals surface area contributed by atoms with Crippen LogP contribution < -0.4 is 4.74 Å². The van der Waals surface area contributed by atoms with E-state index in [0.717, 1.165) is 37.1 Å². The van der Waals surface area contributed by atoms with Crippen molar-refractivity contribution in [2.75, 3.05) is 13.1 Å². The molecule has 2 aromatic rings. The minimum absolute atomic E-state index is 0.0352. The highest BCUT2D eigenvalue weighted by atomic mass is 16.5. The molecule has 1 aliphatic heterocycles. The van der Waals surface area contributed by atoms with E-state index < -0.39 is 0 Å². The van der Waals surface area contributed by atoms with Gasteiger partial charge in [0, 0.05) is 37.5 Å². The Kier molecular flexibility index (Phi) is 8.09. The van der Waals surface area contributed by atoms with E-state index in [4.69, 9.17) is 4.74 Å². The van der Waals surface area contributed by atoms with E-state index in [2.05, 4.69) is 29.0 Å². The second-order valence-corrected chi connectivity index (χ2v) is 8.35. The number of rotatable bonds is 8. The molecular formula is C25H32N4O3. The summed E-state index contributed by atoms with van der Waals surface area (Å²) in [6.07, 6.45) is 3.65. The van der Waals surface area contributed by atoms with Crippen molar-refractivity contribution in [2.45, 2.75) is 65.5 Å². The molecule has 1 fully saturated rings. The van der Waals surface area contributed by atoms with Crippen LogP contribution in [0.15, 0.2) is 41.4 Å². The van der Waals surface area contributed by atoms with Gasteiger partial charge in [0.2, 0.25) is 0 Å². The first-order chi connectivity index (χ1) is 15.4. The number of likely N-dealkylation sites (tertiary alicyclic amines) is 1. The predicted octanol–water partition coefficient (Wildman–Crippen LogP) is 4.36. The lowest BCUT2D eigenvalue weighted by atomic mass is 10.1. The third-order valence-corrected chi connectivity index (χ3v) is 5.67. The number of piperidine rings is 1. The summed E-state index contributed by atoms with van der Waals surface area (Å²) in [6.45, 7) is 8.91. The highest BCUT2D eigenvalue weighted by Crippen LogP contribution is 2.21. The number of carbonyl (C=O) groups excluding carboxylic acids is 2. The van der Waals surface area contributed by atoms with Crippen LogP contribution in [-0.4, -0.2) is 57.7 Å². The molecule has 7 nitrogen and oxygen atoms in total. The van der Waals surface area contributed by atoms with E-state index in [1.54, 1.807) is 30.0 Å². The fourth-order valence-corrected chi connectivity index (χ4v) is 3.82. The van der Waals surface area contributed by atoms with Gasteiger partial charge in [-0.1, -0.05) is 13.3 Å². The number of aromatic nitrogens is 2. The number of aliphatic imine (C=N–C) groups is 1. The summed E-state index contributed by atoms with van der Waals surface area (Å²) in [5, 5.41) is 8.38. The number of hydrogen-bond acceptors (Lipinski definition) is 6. The summed E-state index contributed by atoms with van der Waals surface area (Å²) in [4.78, 5) is 30.7. The predicted molar refractivity (Wildman–Crippen MR) is 125 cm³/mol. The Morgan fingerprint density at radius 3 is 2.25 bits per heavy atom. The number of carbonyl (C=O) groups is 2. The lowest BCUT2D eigenvalue weighted by molar-refractivity contribution is 0.0589. The Bertz CT molecular complexity index is 946. The van der Waals surface area contributed by atoms with Gasteiger partial charge in [-0.15, -0.1) is 10.2 Å². The molecule has 1 aromatic heterocycles. The van der Waals surface area contributed by atoms with Crippen LogP contribution in [0, 0.1) is 0 Å². The molecule has 1 aromatic carbocycles. The van der Waals surface area contributed by atoms with Crippen molar-refractivity contribution >= 4 is 17.4 Å². The number of nitrogens with zero attached hydrogens (tertiary/aromatic N) is 4. The van der Waals surface area contributed by atoms with Gasteiger partial charge in [-0.2, -0.15) is 0 Å². The molecule has 1 aliphatic rings. The zero-order valence-corrected chi connectivity index (χ0v) is 19.4. The van der Waals surface area contributed by atoms with Crippen LogP contribution in [0.3, 0.4) is 0 Å². The van der Waals surface area contributed by atoms with E-state index in [1.807, 2.05) is 25.1 Å². The van der Waals surface area contributed by atoms with Gasteiger partial charge in [0.05, 0.1) is 5.71 Å². The van der Waals surface area contributed by atoms with E-state index >= 15 is 0 Å². The van der Waals surface area contributed by atoms with E-state index in [0.29, 0.717) is 30.0 Å². The van der Waals surface area contributed by atoms with Crippen molar-refractivity contribution in [2.24, 2.45) is 4.99 Å². The van der Waals surface area contributed by atoms with Crippen molar-refractivity contribution in [1.82, 2.24) is 15.1 Å². The Morgan fingerprint density at radius 1 is 1.06 bits per heavy atom. The van der Waals surface area contributed by atoms with Crippen molar-refractivity contribution in [3.63, 3.8) is 0 Å². The van der Waals surface area contributed by atoms with Gasteiger partial charge in [0.1, 0.15) is 17.5 Å². The minimum atomic E-state index is -0.109. The third kappa shape index (κ3) is 6.22. The topological polar surface area (TPSA) is 84.8 Å². The molecule has 1 saturated heterocycles. The molecule has 2 heterocycles. The third-order valence-electron chi connectivity index (χ3n) is 5.67. The number of ether oxygens (including phenoxy) is 1. The van der Waals surface area contributed by atoms with Gasteiger partial charge < -0.3 is 9.64 Å². The molecule has 1 atom stereocenters. The van der Waals surface area contributed by atoms with Crippen LogP contribution in [0.5, 0.6) is 5.75 Å². The normalized spacial score (nSPS) is 16.0. The highest BCUT2D eigenvalue weighted by molar-refractivity contribution is 5.98. The van der Waals surface area contributed by atoms with Gasteiger partial charge in [-0.3, -0.25) is 14.6 Å². The summed E-state index contributed by atoms with van der Waals surface area (Å²) >= 11 is 0. The van der Waals surface area contributed by atoms with Crippen molar-refractivity contribution < 1.29 is 14.3 Å². The molecule has 0 N–H and O–H groups in total. The van der Waals surface area contributed by atoms with Crippen LogP contribution in [0.25, 0.3) is 0 Å². The minimum Gasteiger partial charge on any atom is -0.490 e. The van der Waals surface area contributed by atoms with E-state index in [9.17, 15) is 9.59 Å². The fourth-order valence-electron chi connectivity index (χ4n) is 3.82.